The first kappa shape index (κ1) is 20.8. The number of phenolic OH excluding ortho intramolecular Hbond substituents is 1. The third-order valence-electron chi connectivity index (χ3n) is 4.94. The first-order valence-corrected chi connectivity index (χ1v) is 10.4. The number of carbonyl (C=O) groups is 1. The molecule has 0 saturated heterocycles. The Morgan fingerprint density at radius 3 is 2.61 bits per heavy atom. The van der Waals surface area contributed by atoms with E-state index in [0.717, 1.165) is 5.56 Å². The van der Waals surface area contributed by atoms with E-state index in [0.29, 0.717) is 21.5 Å². The molecule has 7 nitrogen and oxygen atoms in total. The highest BCUT2D eigenvalue weighted by atomic mass is 32.2. The number of ether oxygens (including phenoxy) is 1. The van der Waals surface area contributed by atoms with E-state index in [4.69, 9.17) is 9.84 Å². The molecule has 3 N–H and O–H groups in total. The fourth-order valence-electron chi connectivity index (χ4n) is 3.57. The Balaban J connectivity index is 1.99. The summed E-state index contributed by atoms with van der Waals surface area (Å²) in [6, 6.07) is 9.30. The number of benzene rings is 2. The molecule has 0 bridgehead atoms. The first-order chi connectivity index (χ1) is 14.9. The van der Waals surface area contributed by atoms with E-state index in [2.05, 4.69) is 4.98 Å². The number of hydrogen-bond donors (Lipinski definition) is 3. The summed E-state index contributed by atoms with van der Waals surface area (Å²) in [6.07, 6.45) is 1.44. The van der Waals surface area contributed by atoms with Gasteiger partial charge in [-0.3, -0.25) is 9.78 Å². The van der Waals surface area contributed by atoms with Crippen LogP contribution < -0.4 is 4.74 Å². The number of aromatic nitrogens is 2. The van der Waals surface area contributed by atoms with Gasteiger partial charge in [-0.05, 0) is 29.8 Å². The van der Waals surface area contributed by atoms with E-state index in [-0.39, 0.29) is 47.1 Å². The third-order valence-corrected chi connectivity index (χ3v) is 6.05. The lowest BCUT2D eigenvalue weighted by Crippen LogP contribution is -2.02. The molecule has 0 fully saturated rings. The monoisotopic (exact) mass is 442 g/mol. The SMILES string of the molecule is COc1c2cccnc2c(O)c2c(O)n(Cc3ccc(F)cc3)c(SCCC(=O)O)c12. The molecule has 0 spiro atoms. The van der Waals surface area contributed by atoms with Crippen LogP contribution in [0, 0.1) is 5.82 Å². The van der Waals surface area contributed by atoms with Crippen molar-refractivity contribution in [3.63, 3.8) is 0 Å². The maximum absolute atomic E-state index is 13.3. The van der Waals surface area contributed by atoms with Gasteiger partial charge >= 0.3 is 5.97 Å². The molecule has 0 aliphatic heterocycles. The zero-order valence-corrected chi connectivity index (χ0v) is 17.3. The minimum absolute atomic E-state index is 0.0852. The van der Waals surface area contributed by atoms with Crippen LogP contribution in [0.2, 0.25) is 0 Å². The Kier molecular flexibility index (Phi) is 5.60. The number of pyridine rings is 1. The molecule has 2 aromatic heterocycles. The number of carboxylic acid groups (broad SMARTS) is 1. The highest BCUT2D eigenvalue weighted by Gasteiger charge is 2.27. The number of aromatic hydroxyl groups is 2. The molecule has 0 atom stereocenters. The van der Waals surface area contributed by atoms with E-state index in [9.17, 15) is 19.4 Å². The largest absolute Gasteiger partial charge is 0.505 e. The van der Waals surface area contributed by atoms with Crippen LogP contribution >= 0.6 is 11.8 Å². The summed E-state index contributed by atoms with van der Waals surface area (Å²) >= 11 is 1.23. The lowest BCUT2D eigenvalue weighted by molar-refractivity contribution is -0.136. The molecule has 31 heavy (non-hydrogen) atoms. The van der Waals surface area contributed by atoms with Crippen LogP contribution in [0.3, 0.4) is 0 Å². The number of halogens is 1. The predicted octanol–water partition coefficient (Wildman–Crippen LogP) is 4.36. The van der Waals surface area contributed by atoms with Gasteiger partial charge in [-0.2, -0.15) is 0 Å². The molecule has 2 aromatic carbocycles. The summed E-state index contributed by atoms with van der Waals surface area (Å²) in [4.78, 5) is 15.3. The molecule has 0 aliphatic carbocycles. The quantitative estimate of drug-likeness (QED) is 0.365. The van der Waals surface area contributed by atoms with Gasteiger partial charge in [0.25, 0.3) is 0 Å². The number of nitrogens with zero attached hydrogens (tertiary/aromatic N) is 2. The first-order valence-electron chi connectivity index (χ1n) is 9.40. The Hall–Kier alpha value is -3.46. The van der Waals surface area contributed by atoms with Gasteiger partial charge in [0.15, 0.2) is 5.75 Å². The van der Waals surface area contributed by atoms with Crippen LogP contribution in [0.5, 0.6) is 17.4 Å². The Labute approximate surface area is 180 Å². The second-order valence-corrected chi connectivity index (χ2v) is 7.95. The van der Waals surface area contributed by atoms with Crippen molar-refractivity contribution in [1.29, 1.82) is 0 Å². The average molecular weight is 442 g/mol. The van der Waals surface area contributed by atoms with Crippen molar-refractivity contribution in [1.82, 2.24) is 9.55 Å². The van der Waals surface area contributed by atoms with Crippen molar-refractivity contribution in [3.05, 3.63) is 54.0 Å². The van der Waals surface area contributed by atoms with Gasteiger partial charge in [-0.25, -0.2) is 4.39 Å². The van der Waals surface area contributed by atoms with Gasteiger partial charge in [0.1, 0.15) is 17.1 Å². The standard InChI is InChI=1S/C22H19FN2O5S/c1-30-20-14-3-2-9-24-18(14)19(28)16-17(20)22(31-10-8-15(26)27)25(21(16)29)11-12-4-6-13(23)7-5-12/h2-7,9,28-29H,8,10-11H2,1H3,(H,26,27). The molecule has 0 amide bonds. The lowest BCUT2D eigenvalue weighted by Gasteiger charge is -2.12. The van der Waals surface area contributed by atoms with Crippen molar-refractivity contribution in [2.75, 3.05) is 12.9 Å². The predicted molar refractivity (Wildman–Crippen MR) is 116 cm³/mol. The number of fused-ring (bicyclic) bond motifs is 2. The van der Waals surface area contributed by atoms with Crippen molar-refractivity contribution in [3.8, 4) is 17.4 Å². The van der Waals surface area contributed by atoms with E-state index in [1.54, 1.807) is 28.8 Å². The molecular weight excluding hydrogens is 423 g/mol. The van der Waals surface area contributed by atoms with Gasteiger partial charge in [0.2, 0.25) is 5.88 Å². The van der Waals surface area contributed by atoms with Crippen molar-refractivity contribution in [2.45, 2.75) is 18.0 Å². The molecule has 4 aromatic rings. The number of rotatable bonds is 7. The van der Waals surface area contributed by atoms with Crippen LogP contribution in [0.25, 0.3) is 21.7 Å². The maximum atomic E-state index is 13.3. The molecule has 0 saturated carbocycles. The number of thioether (sulfide) groups is 1. The number of carboxylic acids is 1. The smallest absolute Gasteiger partial charge is 0.304 e. The number of hydrogen-bond acceptors (Lipinski definition) is 6. The lowest BCUT2D eigenvalue weighted by atomic mass is 10.1. The molecule has 0 aliphatic rings. The normalized spacial score (nSPS) is 11.3. The fraction of sp³-hybridized carbons (Fsp3) is 0.182. The zero-order valence-electron chi connectivity index (χ0n) is 16.5. The van der Waals surface area contributed by atoms with Crippen LogP contribution in [0.4, 0.5) is 4.39 Å². The third kappa shape index (κ3) is 3.72. The van der Waals surface area contributed by atoms with Crippen molar-refractivity contribution in [2.24, 2.45) is 0 Å². The van der Waals surface area contributed by atoms with Gasteiger partial charge in [0.05, 0.1) is 35.9 Å². The second-order valence-electron chi connectivity index (χ2n) is 6.86. The minimum Gasteiger partial charge on any atom is -0.505 e. The van der Waals surface area contributed by atoms with E-state index >= 15 is 0 Å². The molecular formula is C22H19FN2O5S. The number of phenols is 1. The number of methoxy groups -OCH3 is 1. The van der Waals surface area contributed by atoms with E-state index in [1.165, 1.54) is 37.2 Å². The zero-order chi connectivity index (χ0) is 22.1. The Bertz CT molecular complexity index is 1290. The highest BCUT2D eigenvalue weighted by molar-refractivity contribution is 7.99. The highest BCUT2D eigenvalue weighted by Crippen LogP contribution is 2.50. The summed E-state index contributed by atoms with van der Waals surface area (Å²) in [5.74, 6) is -1.06. The van der Waals surface area contributed by atoms with Crippen LogP contribution in [-0.2, 0) is 11.3 Å². The summed E-state index contributed by atoms with van der Waals surface area (Å²) in [5.41, 5.74) is 1.00. The van der Waals surface area contributed by atoms with Crippen molar-refractivity contribution >= 4 is 39.4 Å². The molecule has 160 valence electrons. The van der Waals surface area contributed by atoms with Gasteiger partial charge in [-0.1, -0.05) is 12.1 Å². The second kappa shape index (κ2) is 8.35. The summed E-state index contributed by atoms with van der Waals surface area (Å²) in [6.45, 7) is 0.183. The fourth-order valence-corrected chi connectivity index (χ4v) is 4.68. The van der Waals surface area contributed by atoms with Gasteiger partial charge < -0.3 is 24.6 Å². The van der Waals surface area contributed by atoms with Crippen LogP contribution in [-0.4, -0.2) is 43.7 Å². The molecule has 4 rings (SSSR count). The maximum Gasteiger partial charge on any atom is 0.304 e. The number of aliphatic carboxylic acids is 1. The van der Waals surface area contributed by atoms with Gasteiger partial charge in [0, 0.05) is 17.3 Å². The van der Waals surface area contributed by atoms with Crippen LogP contribution in [0.1, 0.15) is 12.0 Å². The summed E-state index contributed by atoms with van der Waals surface area (Å²) in [5, 5.41) is 32.8. The Morgan fingerprint density at radius 1 is 1.19 bits per heavy atom. The van der Waals surface area contributed by atoms with E-state index < -0.39 is 5.97 Å². The van der Waals surface area contributed by atoms with E-state index in [1.807, 2.05) is 0 Å². The van der Waals surface area contributed by atoms with Crippen LogP contribution in [0.15, 0.2) is 47.6 Å². The molecule has 0 radical (unpaired) electrons. The summed E-state index contributed by atoms with van der Waals surface area (Å²) < 4.78 is 20.5. The summed E-state index contributed by atoms with van der Waals surface area (Å²) in [7, 11) is 1.48. The van der Waals surface area contributed by atoms with Gasteiger partial charge in [-0.15, -0.1) is 11.8 Å². The van der Waals surface area contributed by atoms with Crippen molar-refractivity contribution < 1.29 is 29.2 Å². The topological polar surface area (TPSA) is 105 Å². The minimum atomic E-state index is -0.942. The molecule has 9 heteroatoms. The Morgan fingerprint density at radius 2 is 1.94 bits per heavy atom. The molecule has 2 heterocycles. The average Bonchev–Trinajstić information content (AvgIpc) is 3.02. The molecule has 0 unspecified atom stereocenters.